The van der Waals surface area contributed by atoms with Gasteiger partial charge in [-0.3, -0.25) is 4.79 Å². The molecule has 1 aromatic carbocycles. The molecule has 5 nitrogen and oxygen atoms in total. The summed E-state index contributed by atoms with van der Waals surface area (Å²) in [6, 6.07) is 10.9. The Labute approximate surface area is 142 Å². The van der Waals surface area contributed by atoms with E-state index in [4.69, 9.17) is 4.74 Å². The Morgan fingerprint density at radius 1 is 1.29 bits per heavy atom. The number of rotatable bonds is 4. The number of carbonyl (C=O) groups excluding carboxylic acids is 2. The third kappa shape index (κ3) is 2.76. The van der Waals surface area contributed by atoms with E-state index >= 15 is 0 Å². The second-order valence-electron chi connectivity index (χ2n) is 7.72. The van der Waals surface area contributed by atoms with Crippen molar-refractivity contribution < 1.29 is 14.3 Å². The fraction of sp³-hybridized carbons (Fsp3) is 0.579. The Morgan fingerprint density at radius 3 is 2.62 bits per heavy atom. The molecule has 2 amide bonds. The Kier molecular flexibility index (Phi) is 3.74. The fourth-order valence-electron chi connectivity index (χ4n) is 4.37. The molecule has 2 aliphatic carbocycles. The molecule has 128 valence electrons. The molecule has 1 spiro atoms. The van der Waals surface area contributed by atoms with Crippen molar-refractivity contribution in [1.82, 2.24) is 10.2 Å². The van der Waals surface area contributed by atoms with Crippen molar-refractivity contribution in [2.75, 3.05) is 13.7 Å². The summed E-state index contributed by atoms with van der Waals surface area (Å²) in [7, 11) is 1.93. The van der Waals surface area contributed by atoms with Gasteiger partial charge in [0.1, 0.15) is 6.61 Å². The summed E-state index contributed by atoms with van der Waals surface area (Å²) in [6.07, 6.45) is 4.36. The van der Waals surface area contributed by atoms with E-state index in [1.165, 1.54) is 5.56 Å². The third-order valence-corrected chi connectivity index (χ3v) is 5.94. The van der Waals surface area contributed by atoms with Gasteiger partial charge in [0.05, 0.1) is 5.54 Å². The van der Waals surface area contributed by atoms with Crippen molar-refractivity contribution in [2.45, 2.75) is 43.7 Å². The molecule has 3 fully saturated rings. The Morgan fingerprint density at radius 2 is 2.00 bits per heavy atom. The van der Waals surface area contributed by atoms with Crippen LogP contribution in [0, 0.1) is 11.8 Å². The monoisotopic (exact) mass is 328 g/mol. The predicted molar refractivity (Wildman–Crippen MR) is 89.4 cm³/mol. The topological polar surface area (TPSA) is 58.6 Å². The summed E-state index contributed by atoms with van der Waals surface area (Å²) in [5.74, 6) is 0.943. The molecule has 1 aliphatic heterocycles. The van der Waals surface area contributed by atoms with Crippen LogP contribution in [0.5, 0.6) is 0 Å². The molecule has 0 aromatic heterocycles. The normalized spacial score (nSPS) is 34.0. The average Bonchev–Trinajstić information content (AvgIpc) is 2.91. The minimum atomic E-state index is -0.350. The Balaban J connectivity index is 1.24. The summed E-state index contributed by atoms with van der Waals surface area (Å²) in [5.41, 5.74) is 1.11. The number of hydrogen-bond donors (Lipinski definition) is 1. The molecule has 4 rings (SSSR count). The molecular formula is C19H24N2O3. The number of benzene rings is 1. The molecule has 1 N–H and O–H groups in total. The van der Waals surface area contributed by atoms with E-state index in [0.717, 1.165) is 19.3 Å². The largest absolute Gasteiger partial charge is 0.447 e. The van der Waals surface area contributed by atoms with Crippen LogP contribution < -0.4 is 5.32 Å². The molecule has 5 heteroatoms. The van der Waals surface area contributed by atoms with Crippen molar-refractivity contribution in [3.05, 3.63) is 35.9 Å². The van der Waals surface area contributed by atoms with Gasteiger partial charge in [0, 0.05) is 19.0 Å². The zero-order valence-electron chi connectivity index (χ0n) is 14.0. The van der Waals surface area contributed by atoms with Crippen molar-refractivity contribution >= 4 is 12.0 Å². The molecule has 3 aliphatic rings. The highest BCUT2D eigenvalue weighted by Gasteiger charge is 2.53. The fourth-order valence-corrected chi connectivity index (χ4v) is 4.37. The zero-order valence-corrected chi connectivity index (χ0v) is 14.0. The molecule has 0 bridgehead atoms. The minimum absolute atomic E-state index is 0.0326. The quantitative estimate of drug-likeness (QED) is 0.923. The van der Waals surface area contributed by atoms with Crippen LogP contribution >= 0.6 is 0 Å². The molecule has 24 heavy (non-hydrogen) atoms. The van der Waals surface area contributed by atoms with E-state index in [0.29, 0.717) is 31.4 Å². The number of alkyl carbamates (subject to hydrolysis) is 1. The lowest BCUT2D eigenvalue weighted by Crippen LogP contribution is -2.59. The molecule has 2 saturated carbocycles. The first kappa shape index (κ1) is 15.5. The SMILES string of the molecule is CN(C(=O)C1CC2(COC(=O)N2)C1)C1CC(Cc2ccccc2)C1. The van der Waals surface area contributed by atoms with Crippen LogP contribution in [0.25, 0.3) is 0 Å². The van der Waals surface area contributed by atoms with Gasteiger partial charge in [-0.05, 0) is 43.6 Å². The lowest BCUT2D eigenvalue weighted by molar-refractivity contribution is -0.144. The van der Waals surface area contributed by atoms with Gasteiger partial charge < -0.3 is 15.0 Å². The van der Waals surface area contributed by atoms with Gasteiger partial charge >= 0.3 is 6.09 Å². The van der Waals surface area contributed by atoms with Gasteiger partial charge in [-0.1, -0.05) is 30.3 Å². The summed E-state index contributed by atoms with van der Waals surface area (Å²) in [6.45, 7) is 0.405. The number of nitrogens with one attached hydrogen (secondary N) is 1. The Hall–Kier alpha value is -2.04. The minimum Gasteiger partial charge on any atom is -0.447 e. The number of cyclic esters (lactones) is 1. The molecule has 1 saturated heterocycles. The molecule has 1 aromatic rings. The number of amides is 2. The molecule has 0 radical (unpaired) electrons. The highest BCUT2D eigenvalue weighted by Crippen LogP contribution is 2.43. The van der Waals surface area contributed by atoms with Crippen molar-refractivity contribution in [3.63, 3.8) is 0 Å². The lowest BCUT2D eigenvalue weighted by atomic mass is 9.67. The van der Waals surface area contributed by atoms with E-state index in [-0.39, 0.29) is 23.5 Å². The van der Waals surface area contributed by atoms with Crippen molar-refractivity contribution in [3.8, 4) is 0 Å². The second kappa shape index (κ2) is 5.80. The summed E-state index contributed by atoms with van der Waals surface area (Å²) >= 11 is 0. The summed E-state index contributed by atoms with van der Waals surface area (Å²) < 4.78 is 4.97. The first-order valence-electron chi connectivity index (χ1n) is 8.80. The van der Waals surface area contributed by atoms with Crippen LogP contribution in [0.4, 0.5) is 4.79 Å². The van der Waals surface area contributed by atoms with Crippen LogP contribution in [-0.4, -0.2) is 42.1 Å². The Bertz CT molecular complexity index is 633. The standard InChI is InChI=1S/C19H24N2O3/c1-21(16-8-14(9-16)7-13-5-3-2-4-6-13)17(22)15-10-19(11-15)12-24-18(23)20-19/h2-6,14-16H,7-12H2,1H3,(H,20,23). The van der Waals surface area contributed by atoms with E-state index < -0.39 is 0 Å². The van der Waals surface area contributed by atoms with E-state index in [9.17, 15) is 9.59 Å². The maximum Gasteiger partial charge on any atom is 0.407 e. The molecule has 0 unspecified atom stereocenters. The van der Waals surface area contributed by atoms with Crippen LogP contribution in [0.3, 0.4) is 0 Å². The maximum atomic E-state index is 12.6. The van der Waals surface area contributed by atoms with E-state index in [1.54, 1.807) is 0 Å². The van der Waals surface area contributed by atoms with Crippen LogP contribution in [0.2, 0.25) is 0 Å². The van der Waals surface area contributed by atoms with Gasteiger partial charge in [-0.25, -0.2) is 4.79 Å². The first-order valence-corrected chi connectivity index (χ1v) is 8.80. The number of carbonyl (C=O) groups is 2. The number of hydrogen-bond acceptors (Lipinski definition) is 3. The predicted octanol–water partition coefficient (Wildman–Crippen LogP) is 2.35. The summed E-state index contributed by atoms with van der Waals surface area (Å²) in [4.78, 5) is 25.7. The van der Waals surface area contributed by atoms with Gasteiger partial charge in [0.15, 0.2) is 0 Å². The van der Waals surface area contributed by atoms with Crippen molar-refractivity contribution in [2.24, 2.45) is 11.8 Å². The first-order chi connectivity index (χ1) is 11.5. The highest BCUT2D eigenvalue weighted by atomic mass is 16.6. The van der Waals surface area contributed by atoms with E-state index in [1.807, 2.05) is 18.0 Å². The molecular weight excluding hydrogens is 304 g/mol. The second-order valence-corrected chi connectivity index (χ2v) is 7.72. The third-order valence-electron chi connectivity index (χ3n) is 5.94. The van der Waals surface area contributed by atoms with Crippen LogP contribution in [0.1, 0.15) is 31.2 Å². The lowest BCUT2D eigenvalue weighted by Gasteiger charge is -2.47. The summed E-state index contributed by atoms with van der Waals surface area (Å²) in [5, 5.41) is 2.85. The number of ether oxygens (including phenoxy) is 1. The van der Waals surface area contributed by atoms with Gasteiger partial charge in [-0.15, -0.1) is 0 Å². The van der Waals surface area contributed by atoms with Gasteiger partial charge in [-0.2, -0.15) is 0 Å². The highest BCUT2D eigenvalue weighted by molar-refractivity contribution is 5.81. The molecule has 0 atom stereocenters. The number of nitrogens with zero attached hydrogens (tertiary/aromatic N) is 1. The van der Waals surface area contributed by atoms with Gasteiger partial charge in [0.25, 0.3) is 0 Å². The van der Waals surface area contributed by atoms with Crippen molar-refractivity contribution in [1.29, 1.82) is 0 Å². The van der Waals surface area contributed by atoms with Crippen LogP contribution in [-0.2, 0) is 16.0 Å². The maximum absolute atomic E-state index is 12.6. The zero-order chi connectivity index (χ0) is 16.7. The van der Waals surface area contributed by atoms with E-state index in [2.05, 4.69) is 29.6 Å². The van der Waals surface area contributed by atoms with Crippen LogP contribution in [0.15, 0.2) is 30.3 Å². The average molecular weight is 328 g/mol. The molecule has 1 heterocycles. The van der Waals surface area contributed by atoms with Gasteiger partial charge in [0.2, 0.25) is 5.91 Å². The smallest absolute Gasteiger partial charge is 0.407 e.